The van der Waals surface area contributed by atoms with Gasteiger partial charge in [-0.05, 0) is 30.4 Å². The number of thioether (sulfide) groups is 1. The van der Waals surface area contributed by atoms with Crippen LogP contribution in [-0.4, -0.2) is 24.4 Å². The fourth-order valence-corrected chi connectivity index (χ4v) is 3.41. The number of nitrogens with zero attached hydrogens (tertiary/aromatic N) is 2. The van der Waals surface area contributed by atoms with Crippen molar-refractivity contribution < 1.29 is 4.52 Å². The Labute approximate surface area is 164 Å². The minimum absolute atomic E-state index is 0.541. The van der Waals surface area contributed by atoms with Gasteiger partial charge < -0.3 is 15.2 Å². The quantitative estimate of drug-likeness (QED) is 0.380. The average Bonchev–Trinajstić information content (AvgIpc) is 3.18. The fraction of sp³-hybridized carbons (Fsp3) is 0.238. The Kier molecular flexibility index (Phi) is 6.54. The van der Waals surface area contributed by atoms with E-state index in [-0.39, 0.29) is 0 Å². The van der Waals surface area contributed by atoms with E-state index in [9.17, 15) is 0 Å². The van der Waals surface area contributed by atoms with Crippen LogP contribution in [0.15, 0.2) is 69.0 Å². The van der Waals surface area contributed by atoms with E-state index in [1.54, 1.807) is 18.8 Å². The maximum atomic E-state index is 5.43. The molecule has 0 radical (unpaired) electrons. The van der Waals surface area contributed by atoms with Gasteiger partial charge in [-0.1, -0.05) is 47.6 Å². The van der Waals surface area contributed by atoms with Gasteiger partial charge in [0.15, 0.2) is 11.7 Å². The average molecular weight is 381 g/mol. The summed E-state index contributed by atoms with van der Waals surface area (Å²) in [4.78, 5) is 5.57. The number of guanidine groups is 1. The minimum Gasteiger partial charge on any atom is -0.356 e. The smallest absolute Gasteiger partial charge is 0.191 e. The molecule has 0 atom stereocenters. The van der Waals surface area contributed by atoms with E-state index < -0.39 is 0 Å². The lowest BCUT2D eigenvalue weighted by Gasteiger charge is -2.13. The standard InChI is InChI=1S/C21H24N4OS/c1-15-9-10-17(20(11-15)27-3)13-23-21(22-2)24-14-18-12-19(26-25-18)16-7-5-4-6-8-16/h4-12H,13-14H2,1-3H3,(H2,22,23,24). The van der Waals surface area contributed by atoms with Crippen LogP contribution in [0.5, 0.6) is 0 Å². The summed E-state index contributed by atoms with van der Waals surface area (Å²) in [5, 5.41) is 10.8. The van der Waals surface area contributed by atoms with Crippen LogP contribution in [0, 0.1) is 6.92 Å². The summed E-state index contributed by atoms with van der Waals surface area (Å²) < 4.78 is 5.43. The lowest BCUT2D eigenvalue weighted by molar-refractivity contribution is 0.422. The zero-order chi connectivity index (χ0) is 19.1. The third kappa shape index (κ3) is 5.14. The van der Waals surface area contributed by atoms with Gasteiger partial charge in [0.2, 0.25) is 0 Å². The Morgan fingerprint density at radius 3 is 2.59 bits per heavy atom. The summed E-state index contributed by atoms with van der Waals surface area (Å²) in [7, 11) is 1.76. The molecule has 1 aromatic heterocycles. The predicted octanol–water partition coefficient (Wildman–Crippen LogP) is 4.24. The summed E-state index contributed by atoms with van der Waals surface area (Å²) in [6.07, 6.45) is 2.10. The van der Waals surface area contributed by atoms with E-state index in [0.717, 1.165) is 23.0 Å². The topological polar surface area (TPSA) is 62.5 Å². The first-order valence-electron chi connectivity index (χ1n) is 8.78. The minimum atomic E-state index is 0.541. The number of benzene rings is 2. The second-order valence-electron chi connectivity index (χ2n) is 6.14. The Morgan fingerprint density at radius 2 is 1.85 bits per heavy atom. The van der Waals surface area contributed by atoms with Crippen LogP contribution in [0.25, 0.3) is 11.3 Å². The zero-order valence-electron chi connectivity index (χ0n) is 15.8. The van der Waals surface area contributed by atoms with Crippen molar-refractivity contribution in [2.45, 2.75) is 24.9 Å². The molecule has 0 aliphatic carbocycles. The van der Waals surface area contributed by atoms with Crippen molar-refractivity contribution in [2.24, 2.45) is 4.99 Å². The van der Waals surface area contributed by atoms with E-state index in [1.807, 2.05) is 36.4 Å². The highest BCUT2D eigenvalue weighted by molar-refractivity contribution is 7.98. The number of aryl methyl sites for hydroxylation is 1. The Hall–Kier alpha value is -2.73. The normalized spacial score (nSPS) is 11.4. The van der Waals surface area contributed by atoms with E-state index in [4.69, 9.17) is 4.52 Å². The summed E-state index contributed by atoms with van der Waals surface area (Å²) >= 11 is 1.76. The molecule has 0 aliphatic heterocycles. The van der Waals surface area contributed by atoms with Gasteiger partial charge in [0.1, 0.15) is 5.69 Å². The summed E-state index contributed by atoms with van der Waals surface area (Å²) in [6.45, 7) is 3.36. The molecule has 3 aromatic rings. The highest BCUT2D eigenvalue weighted by atomic mass is 32.2. The van der Waals surface area contributed by atoms with Gasteiger partial charge in [0.05, 0.1) is 6.54 Å². The van der Waals surface area contributed by atoms with Gasteiger partial charge in [-0.3, -0.25) is 4.99 Å². The van der Waals surface area contributed by atoms with Gasteiger partial charge in [0, 0.05) is 30.1 Å². The molecule has 0 spiro atoms. The zero-order valence-corrected chi connectivity index (χ0v) is 16.6. The SMILES string of the molecule is CN=C(NCc1cc(-c2ccccc2)on1)NCc1ccc(C)cc1SC. The molecular formula is C21H24N4OS. The van der Waals surface area contributed by atoms with Gasteiger partial charge >= 0.3 is 0 Å². The van der Waals surface area contributed by atoms with Crippen LogP contribution < -0.4 is 10.6 Å². The van der Waals surface area contributed by atoms with Crippen LogP contribution in [0.3, 0.4) is 0 Å². The number of aliphatic imine (C=N–C) groups is 1. The van der Waals surface area contributed by atoms with Crippen LogP contribution in [-0.2, 0) is 13.1 Å². The number of aromatic nitrogens is 1. The van der Waals surface area contributed by atoms with Gasteiger partial charge in [0.25, 0.3) is 0 Å². The first kappa shape index (κ1) is 19.0. The molecule has 140 valence electrons. The van der Waals surface area contributed by atoms with Crippen molar-refractivity contribution in [1.82, 2.24) is 15.8 Å². The molecule has 3 rings (SSSR count). The summed E-state index contributed by atoms with van der Waals surface area (Å²) in [5.74, 6) is 1.49. The first-order valence-corrected chi connectivity index (χ1v) is 10.0. The highest BCUT2D eigenvalue weighted by Gasteiger charge is 2.08. The van der Waals surface area contributed by atoms with E-state index in [2.05, 4.69) is 52.2 Å². The van der Waals surface area contributed by atoms with Gasteiger partial charge in [-0.15, -0.1) is 11.8 Å². The molecule has 0 aliphatic rings. The monoisotopic (exact) mass is 380 g/mol. The van der Waals surface area contributed by atoms with Crippen LogP contribution in [0.2, 0.25) is 0 Å². The summed E-state index contributed by atoms with van der Waals surface area (Å²) in [6, 6.07) is 18.4. The molecule has 2 aromatic carbocycles. The molecular weight excluding hydrogens is 356 g/mol. The van der Waals surface area contributed by atoms with Crippen molar-refractivity contribution >= 4 is 17.7 Å². The Morgan fingerprint density at radius 1 is 1.07 bits per heavy atom. The second-order valence-corrected chi connectivity index (χ2v) is 6.99. The fourth-order valence-electron chi connectivity index (χ4n) is 2.71. The molecule has 0 bridgehead atoms. The molecule has 6 heteroatoms. The first-order chi connectivity index (χ1) is 13.2. The van der Waals surface area contributed by atoms with Crippen molar-refractivity contribution in [3.05, 3.63) is 71.4 Å². The maximum absolute atomic E-state index is 5.43. The van der Waals surface area contributed by atoms with Crippen molar-refractivity contribution in [3.8, 4) is 11.3 Å². The number of nitrogens with one attached hydrogen (secondary N) is 2. The Bertz CT molecular complexity index is 906. The molecule has 0 fully saturated rings. The molecule has 0 amide bonds. The van der Waals surface area contributed by atoms with Crippen molar-refractivity contribution in [3.63, 3.8) is 0 Å². The summed E-state index contributed by atoms with van der Waals surface area (Å²) in [5.41, 5.74) is 4.37. The Balaban J connectivity index is 1.56. The maximum Gasteiger partial charge on any atom is 0.191 e. The molecule has 5 nitrogen and oxygen atoms in total. The molecule has 0 unspecified atom stereocenters. The largest absolute Gasteiger partial charge is 0.356 e. The molecule has 0 saturated heterocycles. The lowest BCUT2D eigenvalue weighted by atomic mass is 10.1. The van der Waals surface area contributed by atoms with Crippen molar-refractivity contribution in [2.75, 3.05) is 13.3 Å². The predicted molar refractivity (Wildman–Crippen MR) is 112 cm³/mol. The third-order valence-corrected chi connectivity index (χ3v) is 4.99. The highest BCUT2D eigenvalue weighted by Crippen LogP contribution is 2.22. The second kappa shape index (κ2) is 9.28. The van der Waals surface area contributed by atoms with Crippen LogP contribution in [0.1, 0.15) is 16.8 Å². The molecule has 0 saturated carbocycles. The van der Waals surface area contributed by atoms with Gasteiger partial charge in [-0.2, -0.15) is 0 Å². The third-order valence-electron chi connectivity index (χ3n) is 4.17. The van der Waals surface area contributed by atoms with Crippen LogP contribution in [0.4, 0.5) is 0 Å². The van der Waals surface area contributed by atoms with Crippen molar-refractivity contribution in [1.29, 1.82) is 0 Å². The number of rotatable bonds is 6. The van der Waals surface area contributed by atoms with E-state index in [0.29, 0.717) is 13.1 Å². The molecule has 27 heavy (non-hydrogen) atoms. The number of hydrogen-bond acceptors (Lipinski definition) is 4. The number of hydrogen-bond donors (Lipinski definition) is 2. The van der Waals surface area contributed by atoms with E-state index >= 15 is 0 Å². The molecule has 1 heterocycles. The lowest BCUT2D eigenvalue weighted by Crippen LogP contribution is -2.36. The van der Waals surface area contributed by atoms with Gasteiger partial charge in [-0.25, -0.2) is 0 Å². The molecule has 2 N–H and O–H groups in total. The van der Waals surface area contributed by atoms with E-state index in [1.165, 1.54) is 16.0 Å². The van der Waals surface area contributed by atoms with Crippen LogP contribution >= 0.6 is 11.8 Å².